The van der Waals surface area contributed by atoms with Gasteiger partial charge >= 0.3 is 0 Å². The normalized spacial score (nSPS) is 27.9. The number of benzene rings is 1. The Hall–Kier alpha value is -1.36. The van der Waals surface area contributed by atoms with Crippen LogP contribution in [0.1, 0.15) is 37.7 Å². The molecule has 2 aliphatic heterocycles. The molecule has 120 valence electrons. The molecule has 1 amide bonds. The van der Waals surface area contributed by atoms with E-state index in [1.807, 2.05) is 35.2 Å². The zero-order valence-electron chi connectivity index (χ0n) is 12.9. The Morgan fingerprint density at radius 2 is 1.73 bits per heavy atom. The van der Waals surface area contributed by atoms with Crippen molar-refractivity contribution in [3.8, 4) is 0 Å². The van der Waals surface area contributed by atoms with E-state index in [-0.39, 0.29) is 23.2 Å². The third kappa shape index (κ3) is 3.19. The number of nitrogens with zero attached hydrogens (tertiary/aromatic N) is 1. The number of hydrogen-bond donors (Lipinski definition) is 0. The van der Waals surface area contributed by atoms with Crippen LogP contribution in [0.5, 0.6) is 0 Å². The Balaban J connectivity index is 1.63. The number of aryl methyl sites for hydroxylation is 1. The molecule has 2 unspecified atom stereocenters. The second-order valence-electron chi connectivity index (χ2n) is 6.59. The maximum Gasteiger partial charge on any atom is 0.223 e. The number of amides is 1. The van der Waals surface area contributed by atoms with Crippen LogP contribution in [0.25, 0.3) is 0 Å². The van der Waals surface area contributed by atoms with Crippen LogP contribution in [-0.2, 0) is 21.1 Å². The first-order valence-electron chi connectivity index (χ1n) is 7.99. The Bertz CT molecular complexity index is 627. The molecule has 22 heavy (non-hydrogen) atoms. The molecule has 5 heteroatoms. The minimum atomic E-state index is -2.99. The van der Waals surface area contributed by atoms with E-state index in [0.29, 0.717) is 19.3 Å². The fourth-order valence-electron chi connectivity index (χ4n) is 3.91. The van der Waals surface area contributed by atoms with Crippen LogP contribution >= 0.6 is 0 Å². The van der Waals surface area contributed by atoms with Crippen LogP contribution in [0.2, 0.25) is 0 Å². The highest BCUT2D eigenvalue weighted by molar-refractivity contribution is 7.91. The van der Waals surface area contributed by atoms with Gasteiger partial charge in [0.2, 0.25) is 5.91 Å². The van der Waals surface area contributed by atoms with Crippen LogP contribution in [0, 0.1) is 0 Å². The number of piperidine rings is 1. The van der Waals surface area contributed by atoms with Gasteiger partial charge < -0.3 is 4.90 Å². The first-order chi connectivity index (χ1) is 10.4. The Kier molecular flexibility index (Phi) is 4.26. The van der Waals surface area contributed by atoms with Crippen LogP contribution in [0.3, 0.4) is 0 Å². The lowest BCUT2D eigenvalue weighted by Gasteiger charge is -2.38. The average molecular weight is 321 g/mol. The number of carbonyl (C=O) groups is 1. The van der Waals surface area contributed by atoms with Gasteiger partial charge in [0.1, 0.15) is 9.84 Å². The van der Waals surface area contributed by atoms with Crippen molar-refractivity contribution in [2.45, 2.75) is 55.9 Å². The predicted molar refractivity (Wildman–Crippen MR) is 86.3 cm³/mol. The SMILES string of the molecule is CS(=O)(=O)C1CC2CCC(C1)N2C(=O)CCc1ccccc1. The summed E-state index contributed by atoms with van der Waals surface area (Å²) in [6.07, 6.45) is 5.73. The van der Waals surface area contributed by atoms with Gasteiger partial charge in [0.15, 0.2) is 0 Å². The topological polar surface area (TPSA) is 54.5 Å². The zero-order valence-corrected chi connectivity index (χ0v) is 13.8. The van der Waals surface area contributed by atoms with Crippen LogP contribution in [0.15, 0.2) is 30.3 Å². The van der Waals surface area contributed by atoms with Gasteiger partial charge in [0.25, 0.3) is 0 Å². The Labute approximate surface area is 132 Å². The van der Waals surface area contributed by atoms with E-state index in [1.165, 1.54) is 11.8 Å². The van der Waals surface area contributed by atoms with Crippen molar-refractivity contribution in [3.05, 3.63) is 35.9 Å². The fraction of sp³-hybridized carbons (Fsp3) is 0.588. The molecule has 0 aliphatic carbocycles. The van der Waals surface area contributed by atoms with Crippen molar-refractivity contribution in [2.75, 3.05) is 6.26 Å². The molecule has 2 atom stereocenters. The maximum absolute atomic E-state index is 12.6. The van der Waals surface area contributed by atoms with Gasteiger partial charge in [-0.3, -0.25) is 4.79 Å². The van der Waals surface area contributed by atoms with Crippen molar-refractivity contribution < 1.29 is 13.2 Å². The summed E-state index contributed by atoms with van der Waals surface area (Å²) in [6, 6.07) is 10.3. The summed E-state index contributed by atoms with van der Waals surface area (Å²) in [6.45, 7) is 0. The summed E-state index contributed by atoms with van der Waals surface area (Å²) in [5.41, 5.74) is 1.18. The van der Waals surface area contributed by atoms with E-state index in [2.05, 4.69) is 0 Å². The van der Waals surface area contributed by atoms with E-state index < -0.39 is 9.84 Å². The largest absolute Gasteiger partial charge is 0.337 e. The van der Waals surface area contributed by atoms with Gasteiger partial charge in [0.05, 0.1) is 5.25 Å². The highest BCUT2D eigenvalue weighted by atomic mass is 32.2. The van der Waals surface area contributed by atoms with Crippen LogP contribution < -0.4 is 0 Å². The Morgan fingerprint density at radius 3 is 2.27 bits per heavy atom. The van der Waals surface area contributed by atoms with Crippen molar-refractivity contribution in [2.24, 2.45) is 0 Å². The van der Waals surface area contributed by atoms with E-state index in [0.717, 1.165) is 19.3 Å². The molecule has 3 rings (SSSR count). The van der Waals surface area contributed by atoms with Gasteiger partial charge in [0, 0.05) is 24.8 Å². The van der Waals surface area contributed by atoms with Gasteiger partial charge in [-0.2, -0.15) is 0 Å². The second-order valence-corrected chi connectivity index (χ2v) is 8.92. The Morgan fingerprint density at radius 1 is 1.14 bits per heavy atom. The lowest BCUT2D eigenvalue weighted by Crippen LogP contribution is -2.49. The average Bonchev–Trinajstić information content (AvgIpc) is 2.74. The molecular formula is C17H23NO3S. The molecule has 1 aromatic carbocycles. The molecule has 0 spiro atoms. The van der Waals surface area contributed by atoms with Gasteiger partial charge in [-0.05, 0) is 37.7 Å². The smallest absolute Gasteiger partial charge is 0.223 e. The second kappa shape index (κ2) is 6.03. The first kappa shape index (κ1) is 15.5. The molecule has 2 saturated heterocycles. The molecule has 2 aliphatic rings. The number of rotatable bonds is 4. The lowest BCUT2D eigenvalue weighted by molar-refractivity contribution is -0.135. The van der Waals surface area contributed by atoms with Crippen LogP contribution in [-0.4, -0.2) is 42.8 Å². The van der Waals surface area contributed by atoms with Crippen molar-refractivity contribution in [3.63, 3.8) is 0 Å². The minimum Gasteiger partial charge on any atom is -0.337 e. The van der Waals surface area contributed by atoms with Crippen molar-refractivity contribution in [1.82, 2.24) is 4.90 Å². The van der Waals surface area contributed by atoms with Gasteiger partial charge in [-0.15, -0.1) is 0 Å². The zero-order chi connectivity index (χ0) is 15.7. The van der Waals surface area contributed by atoms with Crippen LogP contribution in [0.4, 0.5) is 0 Å². The molecule has 0 N–H and O–H groups in total. The molecule has 4 nitrogen and oxygen atoms in total. The third-order valence-electron chi connectivity index (χ3n) is 5.05. The molecule has 0 saturated carbocycles. The molecule has 0 radical (unpaired) electrons. The number of fused-ring (bicyclic) bond motifs is 2. The summed E-state index contributed by atoms with van der Waals surface area (Å²) in [7, 11) is -2.99. The molecule has 2 heterocycles. The summed E-state index contributed by atoms with van der Waals surface area (Å²) >= 11 is 0. The fourth-order valence-corrected chi connectivity index (χ4v) is 5.05. The minimum absolute atomic E-state index is 0.127. The molecule has 0 aromatic heterocycles. The first-order valence-corrected chi connectivity index (χ1v) is 9.94. The summed E-state index contributed by atoms with van der Waals surface area (Å²) < 4.78 is 23.6. The predicted octanol–water partition coefficient (Wildman–Crippen LogP) is 2.19. The summed E-state index contributed by atoms with van der Waals surface area (Å²) in [5.74, 6) is 0.184. The quantitative estimate of drug-likeness (QED) is 0.854. The molecular weight excluding hydrogens is 298 g/mol. The summed E-state index contributed by atoms with van der Waals surface area (Å²) in [4.78, 5) is 14.6. The summed E-state index contributed by atoms with van der Waals surface area (Å²) in [5, 5.41) is -0.261. The van der Waals surface area contributed by atoms with E-state index >= 15 is 0 Å². The monoisotopic (exact) mass is 321 g/mol. The molecule has 2 fully saturated rings. The highest BCUT2D eigenvalue weighted by Crippen LogP contribution is 2.38. The standard InChI is InChI=1S/C17H23NO3S/c1-22(20,21)16-11-14-8-9-15(12-16)18(14)17(19)10-7-13-5-3-2-4-6-13/h2-6,14-16H,7-12H2,1H3. The number of hydrogen-bond acceptors (Lipinski definition) is 3. The number of sulfone groups is 1. The van der Waals surface area contributed by atoms with E-state index in [4.69, 9.17) is 0 Å². The third-order valence-corrected chi connectivity index (χ3v) is 6.65. The lowest BCUT2D eigenvalue weighted by atomic mass is 10.0. The van der Waals surface area contributed by atoms with Gasteiger partial charge in [-0.1, -0.05) is 30.3 Å². The highest BCUT2D eigenvalue weighted by Gasteiger charge is 2.45. The molecule has 1 aromatic rings. The maximum atomic E-state index is 12.6. The van der Waals surface area contributed by atoms with Crippen molar-refractivity contribution >= 4 is 15.7 Å². The van der Waals surface area contributed by atoms with E-state index in [9.17, 15) is 13.2 Å². The van der Waals surface area contributed by atoms with Gasteiger partial charge in [-0.25, -0.2) is 8.42 Å². The molecule has 2 bridgehead atoms. The van der Waals surface area contributed by atoms with Crippen molar-refractivity contribution in [1.29, 1.82) is 0 Å². The number of carbonyl (C=O) groups excluding carboxylic acids is 1. The van der Waals surface area contributed by atoms with E-state index in [1.54, 1.807) is 0 Å².